The number of amides is 1. The van der Waals surface area contributed by atoms with Gasteiger partial charge in [-0.05, 0) is 12.5 Å². The van der Waals surface area contributed by atoms with E-state index in [1.54, 1.807) is 0 Å². The summed E-state index contributed by atoms with van der Waals surface area (Å²) in [5.41, 5.74) is 3.38. The number of rotatable bonds is 3. The smallest absolute Gasteiger partial charge is 0.264 e. The molecule has 0 unspecified atom stereocenters. The van der Waals surface area contributed by atoms with Crippen LogP contribution in [0.15, 0.2) is 30.3 Å². The highest BCUT2D eigenvalue weighted by Gasteiger charge is 2.29. The predicted octanol–water partition coefficient (Wildman–Crippen LogP) is 0.266. The Morgan fingerprint density at radius 1 is 1.44 bits per heavy atom. The Morgan fingerprint density at radius 2 is 2.17 bits per heavy atom. The molecule has 0 aromatic heterocycles. The zero-order valence-corrected chi connectivity index (χ0v) is 10.5. The molecule has 1 saturated heterocycles. The third-order valence-electron chi connectivity index (χ3n) is 3.02. The molecule has 0 saturated carbocycles. The first-order valence-electron chi connectivity index (χ1n) is 6.11. The van der Waals surface area contributed by atoms with Crippen LogP contribution in [0.25, 0.3) is 0 Å². The van der Waals surface area contributed by atoms with Crippen LogP contribution in [-0.2, 0) is 16.1 Å². The molecule has 1 heterocycles. The number of nitrogens with two attached hydrogens (primary N) is 1. The highest BCUT2D eigenvalue weighted by atomic mass is 16.5. The molecule has 1 aromatic carbocycles. The standard InChI is InChI=1S/C13H19N3O2/c1-10-7-16(8-11-5-3-2-4-6-11)9-12(18-10)13(17)15-14/h2-6,10,12H,7-9,14H2,1H3,(H,15,17)/t10-,12+/m1/s1. The van der Waals surface area contributed by atoms with Crippen molar-refractivity contribution in [2.75, 3.05) is 13.1 Å². The number of morpholine rings is 1. The predicted molar refractivity (Wildman–Crippen MR) is 68.4 cm³/mol. The molecule has 1 amide bonds. The first kappa shape index (κ1) is 13.0. The lowest BCUT2D eigenvalue weighted by Gasteiger charge is -2.35. The molecule has 2 atom stereocenters. The minimum atomic E-state index is -0.484. The summed E-state index contributed by atoms with van der Waals surface area (Å²) < 4.78 is 5.57. The van der Waals surface area contributed by atoms with Crippen LogP contribution in [0.2, 0.25) is 0 Å². The van der Waals surface area contributed by atoms with Crippen LogP contribution in [0.1, 0.15) is 12.5 Å². The first-order valence-corrected chi connectivity index (χ1v) is 6.11. The molecule has 0 radical (unpaired) electrons. The highest BCUT2D eigenvalue weighted by molar-refractivity contribution is 5.80. The molecule has 98 valence electrons. The van der Waals surface area contributed by atoms with E-state index in [1.807, 2.05) is 25.1 Å². The fraction of sp³-hybridized carbons (Fsp3) is 0.462. The zero-order chi connectivity index (χ0) is 13.0. The summed E-state index contributed by atoms with van der Waals surface area (Å²) in [4.78, 5) is 13.7. The van der Waals surface area contributed by atoms with Crippen LogP contribution < -0.4 is 11.3 Å². The van der Waals surface area contributed by atoms with Crippen molar-refractivity contribution in [3.8, 4) is 0 Å². The van der Waals surface area contributed by atoms with Crippen LogP contribution >= 0.6 is 0 Å². The van der Waals surface area contributed by atoms with Crippen molar-refractivity contribution in [3.05, 3.63) is 35.9 Å². The summed E-state index contributed by atoms with van der Waals surface area (Å²) in [6, 6.07) is 10.2. The van der Waals surface area contributed by atoms with E-state index in [9.17, 15) is 4.79 Å². The average molecular weight is 249 g/mol. The largest absolute Gasteiger partial charge is 0.363 e. The van der Waals surface area contributed by atoms with Crippen molar-refractivity contribution in [1.29, 1.82) is 0 Å². The number of hydrogen-bond donors (Lipinski definition) is 2. The molecule has 1 aliphatic heterocycles. The second-order valence-corrected chi connectivity index (χ2v) is 4.62. The van der Waals surface area contributed by atoms with Crippen LogP contribution in [0.4, 0.5) is 0 Å². The molecule has 0 bridgehead atoms. The van der Waals surface area contributed by atoms with Crippen LogP contribution in [0.5, 0.6) is 0 Å². The molecule has 3 N–H and O–H groups in total. The van der Waals surface area contributed by atoms with Gasteiger partial charge in [-0.2, -0.15) is 0 Å². The van der Waals surface area contributed by atoms with Crippen LogP contribution in [-0.4, -0.2) is 36.1 Å². The summed E-state index contributed by atoms with van der Waals surface area (Å²) >= 11 is 0. The zero-order valence-electron chi connectivity index (χ0n) is 10.5. The van der Waals surface area contributed by atoms with Crippen molar-refractivity contribution in [3.63, 3.8) is 0 Å². The second kappa shape index (κ2) is 5.95. The maximum atomic E-state index is 11.5. The summed E-state index contributed by atoms with van der Waals surface area (Å²) in [7, 11) is 0. The molecule has 1 aromatic rings. The van der Waals surface area contributed by atoms with E-state index in [4.69, 9.17) is 10.6 Å². The Morgan fingerprint density at radius 3 is 2.83 bits per heavy atom. The van der Waals surface area contributed by atoms with Gasteiger partial charge in [0.15, 0.2) is 6.10 Å². The van der Waals surface area contributed by atoms with Crippen LogP contribution in [0, 0.1) is 0 Å². The molecule has 2 rings (SSSR count). The third-order valence-corrected chi connectivity index (χ3v) is 3.02. The van der Waals surface area contributed by atoms with E-state index in [0.29, 0.717) is 6.54 Å². The van der Waals surface area contributed by atoms with Crippen molar-refractivity contribution in [2.45, 2.75) is 25.7 Å². The minimum absolute atomic E-state index is 0.0322. The van der Waals surface area contributed by atoms with Gasteiger partial charge < -0.3 is 4.74 Å². The van der Waals surface area contributed by atoms with E-state index in [2.05, 4.69) is 22.5 Å². The van der Waals surface area contributed by atoms with Gasteiger partial charge in [-0.3, -0.25) is 15.1 Å². The van der Waals surface area contributed by atoms with E-state index in [0.717, 1.165) is 13.1 Å². The molecule has 5 nitrogen and oxygen atoms in total. The van der Waals surface area contributed by atoms with Crippen molar-refractivity contribution in [2.24, 2.45) is 5.84 Å². The molecule has 5 heteroatoms. The number of carbonyl (C=O) groups excluding carboxylic acids is 1. The van der Waals surface area contributed by atoms with E-state index in [1.165, 1.54) is 5.56 Å². The molecule has 1 fully saturated rings. The van der Waals surface area contributed by atoms with Gasteiger partial charge >= 0.3 is 0 Å². The minimum Gasteiger partial charge on any atom is -0.363 e. The lowest BCUT2D eigenvalue weighted by atomic mass is 10.1. The molecule has 18 heavy (non-hydrogen) atoms. The maximum Gasteiger partial charge on any atom is 0.264 e. The van der Waals surface area contributed by atoms with E-state index >= 15 is 0 Å². The first-order chi connectivity index (χ1) is 8.69. The van der Waals surface area contributed by atoms with Crippen LogP contribution in [0.3, 0.4) is 0 Å². The molecular weight excluding hydrogens is 230 g/mol. The van der Waals surface area contributed by atoms with Gasteiger partial charge in [0.1, 0.15) is 0 Å². The average Bonchev–Trinajstić information content (AvgIpc) is 2.38. The summed E-state index contributed by atoms with van der Waals surface area (Å²) in [5.74, 6) is 4.88. The quantitative estimate of drug-likeness (QED) is 0.458. The Labute approximate surface area is 107 Å². The number of nitrogens with zero attached hydrogens (tertiary/aromatic N) is 1. The van der Waals surface area contributed by atoms with Gasteiger partial charge in [0.25, 0.3) is 5.91 Å². The van der Waals surface area contributed by atoms with Gasteiger partial charge in [-0.25, -0.2) is 5.84 Å². The van der Waals surface area contributed by atoms with E-state index in [-0.39, 0.29) is 12.0 Å². The summed E-state index contributed by atoms with van der Waals surface area (Å²) in [6.45, 7) is 4.18. The summed E-state index contributed by atoms with van der Waals surface area (Å²) in [6.07, 6.45) is -0.452. The normalized spacial score (nSPS) is 24.8. The molecule has 0 aliphatic carbocycles. The Hall–Kier alpha value is -1.43. The van der Waals surface area contributed by atoms with Gasteiger partial charge in [0.2, 0.25) is 0 Å². The fourth-order valence-corrected chi connectivity index (χ4v) is 2.25. The maximum absolute atomic E-state index is 11.5. The number of ether oxygens (including phenoxy) is 1. The van der Waals surface area contributed by atoms with E-state index < -0.39 is 6.10 Å². The third kappa shape index (κ3) is 3.29. The number of hydrazine groups is 1. The highest BCUT2D eigenvalue weighted by Crippen LogP contribution is 2.14. The number of hydrogen-bond acceptors (Lipinski definition) is 4. The molecular formula is C13H19N3O2. The monoisotopic (exact) mass is 249 g/mol. The van der Waals surface area contributed by atoms with Gasteiger partial charge in [-0.1, -0.05) is 30.3 Å². The Bertz CT molecular complexity index is 396. The SMILES string of the molecule is C[C@@H]1CN(Cc2ccccc2)C[C@@H](C(=O)NN)O1. The number of benzene rings is 1. The fourth-order valence-electron chi connectivity index (χ4n) is 2.25. The van der Waals surface area contributed by atoms with Crippen molar-refractivity contribution < 1.29 is 9.53 Å². The van der Waals surface area contributed by atoms with Gasteiger partial charge in [0.05, 0.1) is 6.10 Å². The lowest BCUT2D eigenvalue weighted by molar-refractivity contribution is -0.146. The van der Waals surface area contributed by atoms with Gasteiger partial charge in [0, 0.05) is 19.6 Å². The summed E-state index contributed by atoms with van der Waals surface area (Å²) in [5, 5.41) is 0. The number of carbonyl (C=O) groups is 1. The van der Waals surface area contributed by atoms with Crippen molar-refractivity contribution in [1.82, 2.24) is 10.3 Å². The topological polar surface area (TPSA) is 67.6 Å². The molecule has 0 spiro atoms. The van der Waals surface area contributed by atoms with Crippen molar-refractivity contribution >= 4 is 5.91 Å². The Kier molecular flexibility index (Phi) is 4.30. The lowest BCUT2D eigenvalue weighted by Crippen LogP contribution is -2.53. The Balaban J connectivity index is 1.98. The molecule has 1 aliphatic rings. The van der Waals surface area contributed by atoms with Gasteiger partial charge in [-0.15, -0.1) is 0 Å². The number of nitrogens with one attached hydrogen (secondary N) is 1. The second-order valence-electron chi connectivity index (χ2n) is 4.62.